The first-order chi connectivity index (χ1) is 7.74. The second-order valence-electron chi connectivity index (χ2n) is 3.28. The van der Waals surface area contributed by atoms with Gasteiger partial charge in [-0.3, -0.25) is 0 Å². The van der Waals surface area contributed by atoms with Gasteiger partial charge in [-0.1, -0.05) is 6.07 Å². The summed E-state index contributed by atoms with van der Waals surface area (Å²) in [5, 5.41) is 11.3. The molecule has 0 aliphatic carbocycles. The zero-order chi connectivity index (χ0) is 11.5. The van der Waals surface area contributed by atoms with Crippen LogP contribution in [0, 0.1) is 0 Å². The van der Waals surface area contributed by atoms with Gasteiger partial charge in [0, 0.05) is 7.05 Å². The highest BCUT2D eigenvalue weighted by Gasteiger charge is 2.14. The van der Waals surface area contributed by atoms with Gasteiger partial charge >= 0.3 is 0 Å². The first-order valence-corrected chi connectivity index (χ1v) is 4.98. The highest BCUT2D eigenvalue weighted by atomic mass is 16.5. The Kier molecular flexibility index (Phi) is 2.72. The van der Waals surface area contributed by atoms with E-state index in [1.54, 1.807) is 17.8 Å². The quantitative estimate of drug-likeness (QED) is 0.774. The summed E-state index contributed by atoms with van der Waals surface area (Å²) >= 11 is 0. The molecule has 0 fully saturated rings. The van der Waals surface area contributed by atoms with Gasteiger partial charge in [0.15, 0.2) is 11.6 Å². The van der Waals surface area contributed by atoms with E-state index in [2.05, 4.69) is 15.5 Å². The van der Waals surface area contributed by atoms with Crippen molar-refractivity contribution in [1.82, 2.24) is 20.2 Å². The van der Waals surface area contributed by atoms with Crippen LogP contribution in [0.25, 0.3) is 11.4 Å². The van der Waals surface area contributed by atoms with Crippen molar-refractivity contribution in [1.29, 1.82) is 0 Å². The van der Waals surface area contributed by atoms with E-state index in [0.717, 1.165) is 5.56 Å². The van der Waals surface area contributed by atoms with E-state index in [4.69, 9.17) is 10.5 Å². The van der Waals surface area contributed by atoms with Crippen molar-refractivity contribution in [3.05, 3.63) is 18.2 Å². The van der Waals surface area contributed by atoms with Gasteiger partial charge in [-0.2, -0.15) is 0 Å². The summed E-state index contributed by atoms with van der Waals surface area (Å²) in [6, 6.07) is 5.52. The first-order valence-electron chi connectivity index (χ1n) is 4.98. The fraction of sp³-hybridized carbons (Fsp3) is 0.300. The fourth-order valence-electron chi connectivity index (χ4n) is 1.49. The first kappa shape index (κ1) is 10.4. The van der Waals surface area contributed by atoms with Crippen molar-refractivity contribution in [2.45, 2.75) is 6.92 Å². The Morgan fingerprint density at radius 3 is 2.88 bits per heavy atom. The Morgan fingerprint density at radius 2 is 2.25 bits per heavy atom. The summed E-state index contributed by atoms with van der Waals surface area (Å²) in [5.74, 6) is 1.26. The van der Waals surface area contributed by atoms with E-state index in [9.17, 15) is 0 Å². The lowest BCUT2D eigenvalue weighted by atomic mass is 10.1. The summed E-state index contributed by atoms with van der Waals surface area (Å²) in [5.41, 5.74) is 7.25. The third-order valence-corrected chi connectivity index (χ3v) is 2.20. The molecule has 0 bridgehead atoms. The molecule has 16 heavy (non-hydrogen) atoms. The minimum absolute atomic E-state index is 0.548. The maximum atomic E-state index is 5.86. The Bertz CT molecular complexity index is 494. The number of aromatic nitrogens is 4. The van der Waals surface area contributed by atoms with Crippen LogP contribution in [0.5, 0.6) is 5.75 Å². The van der Waals surface area contributed by atoms with E-state index in [-0.39, 0.29) is 0 Å². The van der Waals surface area contributed by atoms with Crippen molar-refractivity contribution in [3.63, 3.8) is 0 Å². The summed E-state index contributed by atoms with van der Waals surface area (Å²) in [6.07, 6.45) is 0. The predicted octanol–water partition coefficient (Wildman–Crippen LogP) is 0.858. The molecule has 1 aromatic heterocycles. The molecule has 2 N–H and O–H groups in total. The standard InChI is InChI=1S/C10H13N5O/c1-3-16-9-7(5-4-6-8(9)11)10-12-13-14-15(10)2/h4-6H,3,11H2,1-2H3. The van der Waals surface area contributed by atoms with Gasteiger partial charge in [-0.05, 0) is 29.5 Å². The fourth-order valence-corrected chi connectivity index (χ4v) is 1.49. The topological polar surface area (TPSA) is 78.8 Å². The lowest BCUT2D eigenvalue weighted by molar-refractivity contribution is 0.343. The zero-order valence-electron chi connectivity index (χ0n) is 9.21. The molecule has 0 unspecified atom stereocenters. The molecule has 0 aliphatic rings. The highest BCUT2D eigenvalue weighted by Crippen LogP contribution is 2.33. The Labute approximate surface area is 93.0 Å². The number of aryl methyl sites for hydroxylation is 1. The van der Waals surface area contributed by atoms with E-state index >= 15 is 0 Å². The largest absolute Gasteiger partial charge is 0.491 e. The van der Waals surface area contributed by atoms with Gasteiger partial charge in [0.1, 0.15) is 0 Å². The van der Waals surface area contributed by atoms with E-state index in [1.807, 2.05) is 19.1 Å². The van der Waals surface area contributed by atoms with Gasteiger partial charge in [0.2, 0.25) is 0 Å². The normalized spacial score (nSPS) is 10.4. The number of nitrogens with zero attached hydrogens (tertiary/aromatic N) is 4. The smallest absolute Gasteiger partial charge is 0.185 e. The summed E-state index contributed by atoms with van der Waals surface area (Å²) in [6.45, 7) is 2.46. The molecule has 0 amide bonds. The van der Waals surface area contributed by atoms with Crippen LogP contribution >= 0.6 is 0 Å². The summed E-state index contributed by atoms with van der Waals surface area (Å²) in [7, 11) is 1.77. The van der Waals surface area contributed by atoms with Crippen molar-refractivity contribution in [2.75, 3.05) is 12.3 Å². The number of nitrogen functional groups attached to an aromatic ring is 1. The Hall–Kier alpha value is -2.11. The number of rotatable bonds is 3. The average molecular weight is 219 g/mol. The van der Waals surface area contributed by atoms with Crippen LogP contribution < -0.4 is 10.5 Å². The molecule has 1 heterocycles. The van der Waals surface area contributed by atoms with Gasteiger partial charge in [0.05, 0.1) is 17.9 Å². The maximum Gasteiger partial charge on any atom is 0.185 e. The number of benzene rings is 1. The van der Waals surface area contributed by atoms with Gasteiger partial charge in [-0.25, -0.2) is 4.68 Å². The number of tetrazole rings is 1. The predicted molar refractivity (Wildman–Crippen MR) is 59.8 cm³/mol. The number of nitrogens with two attached hydrogens (primary N) is 1. The Balaban J connectivity index is 2.56. The highest BCUT2D eigenvalue weighted by molar-refractivity contribution is 5.73. The molecule has 2 aromatic rings. The molecule has 6 heteroatoms. The van der Waals surface area contributed by atoms with Crippen LogP contribution in [0.1, 0.15) is 6.92 Å². The second-order valence-corrected chi connectivity index (χ2v) is 3.28. The molecule has 6 nitrogen and oxygen atoms in total. The van der Waals surface area contributed by atoms with Crippen molar-refractivity contribution >= 4 is 5.69 Å². The van der Waals surface area contributed by atoms with Crippen LogP contribution in [0.2, 0.25) is 0 Å². The number of anilines is 1. The summed E-state index contributed by atoms with van der Waals surface area (Å²) < 4.78 is 7.09. The third-order valence-electron chi connectivity index (χ3n) is 2.20. The minimum Gasteiger partial charge on any atom is -0.491 e. The minimum atomic E-state index is 0.548. The molecule has 0 spiro atoms. The maximum absolute atomic E-state index is 5.86. The van der Waals surface area contributed by atoms with Crippen molar-refractivity contribution < 1.29 is 4.74 Å². The average Bonchev–Trinajstić information content (AvgIpc) is 2.68. The molecular formula is C10H13N5O. The van der Waals surface area contributed by atoms with E-state index < -0.39 is 0 Å². The van der Waals surface area contributed by atoms with Gasteiger partial charge in [0.25, 0.3) is 0 Å². The molecule has 0 saturated heterocycles. The monoisotopic (exact) mass is 219 g/mol. The van der Waals surface area contributed by atoms with Crippen LogP contribution in [0.4, 0.5) is 5.69 Å². The van der Waals surface area contributed by atoms with Crippen LogP contribution in [-0.4, -0.2) is 26.8 Å². The molecule has 0 aliphatic heterocycles. The molecule has 0 atom stereocenters. The van der Waals surface area contributed by atoms with Crippen molar-refractivity contribution in [3.8, 4) is 17.1 Å². The molecule has 1 aromatic carbocycles. The van der Waals surface area contributed by atoms with E-state index in [1.165, 1.54) is 0 Å². The lowest BCUT2D eigenvalue weighted by Gasteiger charge is -2.11. The van der Waals surface area contributed by atoms with Crippen LogP contribution in [0.15, 0.2) is 18.2 Å². The SMILES string of the molecule is CCOc1c(N)cccc1-c1nnnn1C. The van der Waals surface area contributed by atoms with E-state index in [0.29, 0.717) is 23.9 Å². The van der Waals surface area contributed by atoms with Crippen LogP contribution in [-0.2, 0) is 7.05 Å². The zero-order valence-corrected chi connectivity index (χ0v) is 9.21. The van der Waals surface area contributed by atoms with Crippen molar-refractivity contribution in [2.24, 2.45) is 7.05 Å². The molecule has 2 rings (SSSR count). The number of hydrogen-bond acceptors (Lipinski definition) is 5. The third kappa shape index (κ3) is 1.69. The summed E-state index contributed by atoms with van der Waals surface area (Å²) in [4.78, 5) is 0. The van der Waals surface area contributed by atoms with Crippen LogP contribution in [0.3, 0.4) is 0 Å². The van der Waals surface area contributed by atoms with Gasteiger partial charge in [-0.15, -0.1) is 5.10 Å². The molecule has 84 valence electrons. The molecule has 0 radical (unpaired) electrons. The number of para-hydroxylation sites is 1. The van der Waals surface area contributed by atoms with Gasteiger partial charge < -0.3 is 10.5 Å². The number of hydrogen-bond donors (Lipinski definition) is 1. The number of ether oxygens (including phenoxy) is 1. The molecular weight excluding hydrogens is 206 g/mol. The Morgan fingerprint density at radius 1 is 1.44 bits per heavy atom. The lowest BCUT2D eigenvalue weighted by Crippen LogP contribution is -2.02. The molecule has 0 saturated carbocycles. The second kappa shape index (κ2) is 4.18.